The second-order valence-corrected chi connectivity index (χ2v) is 5.55. The second-order valence-electron chi connectivity index (χ2n) is 4.75. The van der Waals surface area contributed by atoms with E-state index in [-0.39, 0.29) is 5.91 Å². The summed E-state index contributed by atoms with van der Waals surface area (Å²) in [5.74, 6) is -0.786. The van der Waals surface area contributed by atoms with Gasteiger partial charge in [0, 0.05) is 30.2 Å². The molecule has 0 saturated carbocycles. The maximum atomic E-state index is 12.3. The van der Waals surface area contributed by atoms with E-state index >= 15 is 0 Å². The first-order chi connectivity index (χ1) is 9.90. The number of amides is 1. The molecular formula is C15H20BrNO4. The van der Waals surface area contributed by atoms with E-state index in [1.54, 1.807) is 12.1 Å². The molecule has 0 unspecified atom stereocenters. The molecule has 0 aliphatic rings. The van der Waals surface area contributed by atoms with Gasteiger partial charge in [-0.25, -0.2) is 4.79 Å². The number of nitrogens with one attached hydrogen (secondary N) is 1. The van der Waals surface area contributed by atoms with Crippen molar-refractivity contribution in [2.75, 3.05) is 20.8 Å². The lowest BCUT2D eigenvalue weighted by Gasteiger charge is -2.16. The zero-order chi connectivity index (χ0) is 16.0. The van der Waals surface area contributed by atoms with Gasteiger partial charge in [-0.3, -0.25) is 4.79 Å². The van der Waals surface area contributed by atoms with Gasteiger partial charge in [0.05, 0.1) is 7.11 Å². The van der Waals surface area contributed by atoms with Crippen LogP contribution in [0.1, 0.15) is 27.9 Å². The number of hydrogen-bond acceptors (Lipinski definition) is 4. The number of halogens is 1. The molecule has 1 aromatic carbocycles. The summed E-state index contributed by atoms with van der Waals surface area (Å²) in [6.45, 7) is 4.19. The van der Waals surface area contributed by atoms with E-state index in [0.29, 0.717) is 18.6 Å². The molecule has 0 bridgehead atoms. The monoisotopic (exact) mass is 357 g/mol. The fourth-order valence-corrected chi connectivity index (χ4v) is 2.17. The molecule has 0 fully saturated rings. The molecule has 0 spiro atoms. The molecule has 0 heterocycles. The van der Waals surface area contributed by atoms with Crippen LogP contribution in [-0.2, 0) is 14.3 Å². The second kappa shape index (κ2) is 8.14. The Morgan fingerprint density at radius 3 is 2.29 bits per heavy atom. The maximum absolute atomic E-state index is 12.3. The first-order valence-corrected chi connectivity index (χ1v) is 7.34. The minimum Gasteiger partial charge on any atom is -0.467 e. The SMILES string of the molecule is COCC[C@H](NC(=O)c1cc(C)c(Br)c(C)c1)C(=O)OC. The average molecular weight is 358 g/mol. The number of ether oxygens (including phenoxy) is 2. The summed E-state index contributed by atoms with van der Waals surface area (Å²) in [7, 11) is 2.83. The molecule has 1 atom stereocenters. The molecule has 0 aliphatic heterocycles. The van der Waals surface area contributed by atoms with E-state index in [4.69, 9.17) is 9.47 Å². The van der Waals surface area contributed by atoms with E-state index in [9.17, 15) is 9.59 Å². The highest BCUT2D eigenvalue weighted by atomic mass is 79.9. The van der Waals surface area contributed by atoms with Gasteiger partial charge in [-0.2, -0.15) is 0 Å². The topological polar surface area (TPSA) is 64.6 Å². The summed E-state index contributed by atoms with van der Waals surface area (Å²) in [4.78, 5) is 24.0. The van der Waals surface area contributed by atoms with Gasteiger partial charge in [-0.15, -0.1) is 0 Å². The van der Waals surface area contributed by atoms with Gasteiger partial charge in [-0.1, -0.05) is 15.9 Å². The van der Waals surface area contributed by atoms with Crippen molar-refractivity contribution in [1.29, 1.82) is 0 Å². The van der Waals surface area contributed by atoms with E-state index < -0.39 is 12.0 Å². The molecule has 0 saturated heterocycles. The third-order valence-corrected chi connectivity index (χ3v) is 4.35. The van der Waals surface area contributed by atoms with Crippen LogP contribution in [-0.4, -0.2) is 38.7 Å². The number of benzene rings is 1. The maximum Gasteiger partial charge on any atom is 0.328 e. The lowest BCUT2D eigenvalue weighted by molar-refractivity contribution is -0.143. The molecule has 116 valence electrons. The van der Waals surface area contributed by atoms with E-state index in [0.717, 1.165) is 15.6 Å². The zero-order valence-corrected chi connectivity index (χ0v) is 14.2. The lowest BCUT2D eigenvalue weighted by Crippen LogP contribution is -2.42. The highest BCUT2D eigenvalue weighted by Crippen LogP contribution is 2.22. The molecule has 1 aromatic rings. The molecule has 6 heteroatoms. The van der Waals surface area contributed by atoms with Gasteiger partial charge >= 0.3 is 5.97 Å². The first-order valence-electron chi connectivity index (χ1n) is 6.55. The van der Waals surface area contributed by atoms with Crippen LogP contribution >= 0.6 is 15.9 Å². The predicted molar refractivity (Wildman–Crippen MR) is 83.4 cm³/mol. The highest BCUT2D eigenvalue weighted by Gasteiger charge is 2.22. The van der Waals surface area contributed by atoms with Crippen molar-refractivity contribution < 1.29 is 19.1 Å². The Balaban J connectivity index is 2.88. The summed E-state index contributed by atoms with van der Waals surface area (Å²) in [6, 6.07) is 2.83. The van der Waals surface area contributed by atoms with Gasteiger partial charge in [0.1, 0.15) is 6.04 Å². The van der Waals surface area contributed by atoms with Gasteiger partial charge in [0.15, 0.2) is 0 Å². The van der Waals surface area contributed by atoms with Crippen molar-refractivity contribution in [2.24, 2.45) is 0 Å². The van der Waals surface area contributed by atoms with Crippen molar-refractivity contribution in [1.82, 2.24) is 5.32 Å². The van der Waals surface area contributed by atoms with Crippen LogP contribution in [0.2, 0.25) is 0 Å². The van der Waals surface area contributed by atoms with Crippen molar-refractivity contribution in [3.05, 3.63) is 33.3 Å². The average Bonchev–Trinajstić information content (AvgIpc) is 2.47. The number of hydrogen-bond donors (Lipinski definition) is 1. The van der Waals surface area contributed by atoms with Gasteiger partial charge < -0.3 is 14.8 Å². The molecule has 1 N–H and O–H groups in total. The minimum atomic E-state index is -0.716. The largest absolute Gasteiger partial charge is 0.467 e. The smallest absolute Gasteiger partial charge is 0.328 e. The Morgan fingerprint density at radius 1 is 1.24 bits per heavy atom. The van der Waals surface area contributed by atoms with Crippen molar-refractivity contribution in [3.8, 4) is 0 Å². The number of rotatable bonds is 6. The summed E-state index contributed by atoms with van der Waals surface area (Å²) in [5.41, 5.74) is 2.44. The molecule has 21 heavy (non-hydrogen) atoms. The van der Waals surface area contributed by atoms with Gasteiger partial charge in [0.2, 0.25) is 0 Å². The molecule has 1 amide bonds. The highest BCUT2D eigenvalue weighted by molar-refractivity contribution is 9.10. The third-order valence-electron chi connectivity index (χ3n) is 3.10. The van der Waals surface area contributed by atoms with E-state index in [2.05, 4.69) is 21.2 Å². The lowest BCUT2D eigenvalue weighted by atomic mass is 10.1. The number of esters is 1. The van der Waals surface area contributed by atoms with E-state index in [1.165, 1.54) is 14.2 Å². The Labute approximate surface area is 133 Å². The van der Waals surface area contributed by atoms with Crippen molar-refractivity contribution in [2.45, 2.75) is 26.3 Å². The summed E-state index contributed by atoms with van der Waals surface area (Å²) in [5, 5.41) is 2.68. The number of carbonyl (C=O) groups excluding carboxylic acids is 2. The first kappa shape index (κ1) is 17.7. The van der Waals surface area contributed by atoms with Gasteiger partial charge in [0.25, 0.3) is 5.91 Å². The van der Waals surface area contributed by atoms with Crippen LogP contribution in [0, 0.1) is 13.8 Å². The van der Waals surface area contributed by atoms with Crippen LogP contribution in [0.15, 0.2) is 16.6 Å². The quantitative estimate of drug-likeness (QED) is 0.793. The number of carbonyl (C=O) groups is 2. The van der Waals surface area contributed by atoms with Crippen LogP contribution in [0.5, 0.6) is 0 Å². The van der Waals surface area contributed by atoms with Crippen molar-refractivity contribution in [3.63, 3.8) is 0 Å². The molecule has 1 rings (SSSR count). The predicted octanol–water partition coefficient (Wildman–Crippen LogP) is 2.37. The Morgan fingerprint density at radius 2 is 1.81 bits per heavy atom. The number of methoxy groups -OCH3 is 2. The fourth-order valence-electron chi connectivity index (χ4n) is 1.95. The number of aryl methyl sites for hydroxylation is 2. The zero-order valence-electron chi connectivity index (χ0n) is 12.7. The van der Waals surface area contributed by atoms with Crippen LogP contribution in [0.4, 0.5) is 0 Å². The molecule has 0 aliphatic carbocycles. The summed E-state index contributed by atoms with van der Waals surface area (Å²) >= 11 is 3.46. The van der Waals surface area contributed by atoms with Crippen LogP contribution in [0.3, 0.4) is 0 Å². The normalized spacial score (nSPS) is 11.9. The van der Waals surface area contributed by atoms with E-state index in [1.807, 2.05) is 13.8 Å². The summed E-state index contributed by atoms with van der Waals surface area (Å²) < 4.78 is 10.6. The molecule has 0 aromatic heterocycles. The summed E-state index contributed by atoms with van der Waals surface area (Å²) in [6.07, 6.45) is 0.364. The van der Waals surface area contributed by atoms with Crippen molar-refractivity contribution >= 4 is 27.8 Å². The fraction of sp³-hybridized carbons (Fsp3) is 0.467. The standard InChI is InChI=1S/C15H20BrNO4/c1-9-7-11(8-10(2)13(9)16)14(18)17-12(5-6-20-3)15(19)21-4/h7-8,12H,5-6H2,1-4H3,(H,17,18)/t12-/m0/s1. The van der Waals surface area contributed by atoms with Crippen LogP contribution in [0.25, 0.3) is 0 Å². The van der Waals surface area contributed by atoms with Crippen LogP contribution < -0.4 is 5.32 Å². The third kappa shape index (κ3) is 4.82. The Hall–Kier alpha value is -1.40. The Kier molecular flexibility index (Phi) is 6.84. The molecule has 5 nitrogen and oxygen atoms in total. The molecular weight excluding hydrogens is 338 g/mol. The van der Waals surface area contributed by atoms with Gasteiger partial charge in [-0.05, 0) is 37.1 Å². The minimum absolute atomic E-state index is 0.305. The Bertz CT molecular complexity index is 507. The molecule has 0 radical (unpaired) electrons.